The summed E-state index contributed by atoms with van der Waals surface area (Å²) < 4.78 is 10.7. The summed E-state index contributed by atoms with van der Waals surface area (Å²) in [6, 6.07) is 11.2. The maximum atomic E-state index is 5.80. The minimum atomic E-state index is 0.424. The number of benzene rings is 1. The number of aromatic nitrogens is 1. The van der Waals surface area contributed by atoms with E-state index in [0.29, 0.717) is 23.8 Å². The second-order valence-electron chi connectivity index (χ2n) is 3.96. The number of methoxy groups -OCH3 is 1. The molecule has 0 aliphatic rings. The number of pyridine rings is 1. The molecule has 0 atom stereocenters. The summed E-state index contributed by atoms with van der Waals surface area (Å²) >= 11 is 0. The van der Waals surface area contributed by atoms with E-state index in [9.17, 15) is 0 Å². The van der Waals surface area contributed by atoms with Crippen molar-refractivity contribution in [3.8, 4) is 11.5 Å². The highest BCUT2D eigenvalue weighted by molar-refractivity contribution is 5.56. The molecule has 0 spiro atoms. The Morgan fingerprint density at radius 1 is 1.22 bits per heavy atom. The zero-order valence-electron chi connectivity index (χ0n) is 10.5. The van der Waals surface area contributed by atoms with Gasteiger partial charge < -0.3 is 15.2 Å². The Labute approximate surface area is 106 Å². The van der Waals surface area contributed by atoms with Gasteiger partial charge in [-0.25, -0.2) is 0 Å². The molecule has 4 nitrogen and oxygen atoms in total. The summed E-state index contributed by atoms with van der Waals surface area (Å²) in [5.41, 5.74) is 8.24. The third kappa shape index (κ3) is 2.91. The molecule has 0 aliphatic carbocycles. The molecule has 2 N–H and O–H groups in total. The van der Waals surface area contributed by atoms with Crippen LogP contribution in [0.1, 0.15) is 11.4 Å². The first-order valence-electron chi connectivity index (χ1n) is 5.68. The first kappa shape index (κ1) is 12.2. The zero-order chi connectivity index (χ0) is 13.0. The van der Waals surface area contributed by atoms with Crippen LogP contribution in [0.25, 0.3) is 0 Å². The topological polar surface area (TPSA) is 57.4 Å². The zero-order valence-corrected chi connectivity index (χ0v) is 10.5. The summed E-state index contributed by atoms with van der Waals surface area (Å²) in [6.07, 6.45) is 0. The van der Waals surface area contributed by atoms with E-state index in [2.05, 4.69) is 4.98 Å². The molecule has 0 amide bonds. The van der Waals surface area contributed by atoms with E-state index in [-0.39, 0.29) is 0 Å². The fraction of sp³-hybridized carbons (Fsp3) is 0.214. The highest BCUT2D eigenvalue weighted by Crippen LogP contribution is 2.26. The predicted molar refractivity (Wildman–Crippen MR) is 70.7 cm³/mol. The molecule has 1 aromatic carbocycles. The van der Waals surface area contributed by atoms with Crippen molar-refractivity contribution in [1.82, 2.24) is 4.98 Å². The van der Waals surface area contributed by atoms with Crippen LogP contribution < -0.4 is 15.2 Å². The number of ether oxygens (including phenoxy) is 2. The van der Waals surface area contributed by atoms with Crippen molar-refractivity contribution in [2.45, 2.75) is 13.5 Å². The number of nitrogens with zero attached hydrogens (tertiary/aromatic N) is 1. The quantitative estimate of drug-likeness (QED) is 0.840. The van der Waals surface area contributed by atoms with Crippen LogP contribution in [0.15, 0.2) is 36.4 Å². The second-order valence-corrected chi connectivity index (χ2v) is 3.96. The Morgan fingerprint density at radius 3 is 2.72 bits per heavy atom. The van der Waals surface area contributed by atoms with Crippen molar-refractivity contribution >= 4 is 5.69 Å². The van der Waals surface area contributed by atoms with Gasteiger partial charge in [-0.3, -0.25) is 4.98 Å². The van der Waals surface area contributed by atoms with Crippen molar-refractivity contribution in [1.29, 1.82) is 0 Å². The minimum absolute atomic E-state index is 0.424. The van der Waals surface area contributed by atoms with E-state index < -0.39 is 0 Å². The maximum absolute atomic E-state index is 5.80. The Balaban J connectivity index is 2.04. The molecule has 0 saturated heterocycles. The molecule has 2 rings (SSSR count). The van der Waals surface area contributed by atoms with Gasteiger partial charge in [-0.15, -0.1) is 0 Å². The first-order chi connectivity index (χ1) is 8.69. The molecule has 0 unspecified atom stereocenters. The first-order valence-corrected chi connectivity index (χ1v) is 5.68. The predicted octanol–water partition coefficient (Wildman–Crippen LogP) is 2.56. The number of nitrogens with two attached hydrogens (primary N) is 1. The largest absolute Gasteiger partial charge is 0.495 e. The van der Waals surface area contributed by atoms with Gasteiger partial charge in [0.25, 0.3) is 0 Å². The summed E-state index contributed by atoms with van der Waals surface area (Å²) in [7, 11) is 1.59. The van der Waals surface area contributed by atoms with Gasteiger partial charge in [0.1, 0.15) is 18.1 Å². The molecule has 0 saturated carbocycles. The monoisotopic (exact) mass is 244 g/mol. The summed E-state index contributed by atoms with van der Waals surface area (Å²) in [4.78, 5) is 4.36. The molecule has 0 aliphatic heterocycles. The minimum Gasteiger partial charge on any atom is -0.495 e. The van der Waals surface area contributed by atoms with Gasteiger partial charge >= 0.3 is 0 Å². The average molecular weight is 244 g/mol. The molecule has 1 heterocycles. The Kier molecular flexibility index (Phi) is 3.67. The number of hydrogen-bond donors (Lipinski definition) is 1. The number of hydrogen-bond acceptors (Lipinski definition) is 4. The van der Waals surface area contributed by atoms with Crippen molar-refractivity contribution in [3.05, 3.63) is 47.8 Å². The van der Waals surface area contributed by atoms with Gasteiger partial charge in [-0.1, -0.05) is 6.07 Å². The van der Waals surface area contributed by atoms with Crippen LogP contribution in [-0.4, -0.2) is 12.1 Å². The lowest BCUT2D eigenvalue weighted by Gasteiger charge is -2.09. The van der Waals surface area contributed by atoms with Gasteiger partial charge in [0.05, 0.1) is 18.5 Å². The van der Waals surface area contributed by atoms with E-state index in [1.807, 2.05) is 31.2 Å². The highest BCUT2D eigenvalue weighted by atomic mass is 16.5. The van der Waals surface area contributed by atoms with E-state index in [4.69, 9.17) is 15.2 Å². The Morgan fingerprint density at radius 2 is 2.06 bits per heavy atom. The lowest BCUT2D eigenvalue weighted by molar-refractivity contribution is 0.300. The number of anilines is 1. The third-order valence-corrected chi connectivity index (χ3v) is 2.53. The molecular weight excluding hydrogens is 228 g/mol. The number of aryl methyl sites for hydroxylation is 1. The van der Waals surface area contributed by atoms with Gasteiger partial charge in [-0.05, 0) is 31.2 Å². The summed E-state index contributed by atoms with van der Waals surface area (Å²) in [5, 5.41) is 0. The summed E-state index contributed by atoms with van der Waals surface area (Å²) in [5.74, 6) is 1.35. The van der Waals surface area contributed by atoms with Crippen molar-refractivity contribution < 1.29 is 9.47 Å². The van der Waals surface area contributed by atoms with Crippen LogP contribution in [0.4, 0.5) is 5.69 Å². The normalized spacial score (nSPS) is 10.1. The maximum Gasteiger partial charge on any atom is 0.142 e. The van der Waals surface area contributed by atoms with Gasteiger partial charge in [-0.2, -0.15) is 0 Å². The second kappa shape index (κ2) is 5.40. The molecule has 18 heavy (non-hydrogen) atoms. The fourth-order valence-corrected chi connectivity index (χ4v) is 1.64. The van der Waals surface area contributed by atoms with Crippen molar-refractivity contribution in [2.75, 3.05) is 12.8 Å². The summed E-state index contributed by atoms with van der Waals surface area (Å²) in [6.45, 7) is 2.38. The Hall–Kier alpha value is -2.23. The van der Waals surface area contributed by atoms with E-state index >= 15 is 0 Å². The lowest BCUT2D eigenvalue weighted by atomic mass is 10.3. The van der Waals surface area contributed by atoms with Crippen LogP contribution in [0.3, 0.4) is 0 Å². The van der Waals surface area contributed by atoms with Gasteiger partial charge in [0.15, 0.2) is 0 Å². The van der Waals surface area contributed by atoms with Crippen LogP contribution in [0.5, 0.6) is 11.5 Å². The third-order valence-electron chi connectivity index (χ3n) is 2.53. The highest BCUT2D eigenvalue weighted by Gasteiger charge is 2.02. The lowest BCUT2D eigenvalue weighted by Crippen LogP contribution is -2.00. The number of rotatable bonds is 4. The molecule has 0 bridgehead atoms. The van der Waals surface area contributed by atoms with Crippen molar-refractivity contribution in [3.63, 3.8) is 0 Å². The van der Waals surface area contributed by atoms with Crippen LogP contribution in [0.2, 0.25) is 0 Å². The molecule has 0 radical (unpaired) electrons. The number of nitrogen functional groups attached to an aromatic ring is 1. The van der Waals surface area contributed by atoms with Crippen LogP contribution in [-0.2, 0) is 6.61 Å². The van der Waals surface area contributed by atoms with Crippen LogP contribution >= 0.6 is 0 Å². The molecule has 1 aromatic heterocycles. The molecule has 0 fully saturated rings. The molecule has 94 valence electrons. The van der Waals surface area contributed by atoms with E-state index in [1.54, 1.807) is 19.2 Å². The molecule has 2 aromatic rings. The Bertz CT molecular complexity index is 541. The van der Waals surface area contributed by atoms with Gasteiger partial charge in [0, 0.05) is 11.8 Å². The van der Waals surface area contributed by atoms with E-state index in [1.165, 1.54) is 0 Å². The SMILES string of the molecule is COc1ccc(OCc2cccc(C)n2)cc1N. The molecular formula is C14H16N2O2. The van der Waals surface area contributed by atoms with Gasteiger partial charge in [0.2, 0.25) is 0 Å². The van der Waals surface area contributed by atoms with Crippen LogP contribution in [0, 0.1) is 6.92 Å². The standard InChI is InChI=1S/C14H16N2O2/c1-10-4-3-5-11(16-10)9-18-12-6-7-14(17-2)13(15)8-12/h3-8H,9,15H2,1-2H3. The van der Waals surface area contributed by atoms with Crippen molar-refractivity contribution in [2.24, 2.45) is 0 Å². The smallest absolute Gasteiger partial charge is 0.142 e. The fourth-order valence-electron chi connectivity index (χ4n) is 1.64. The molecule has 4 heteroatoms. The average Bonchev–Trinajstić information content (AvgIpc) is 2.37. The van der Waals surface area contributed by atoms with E-state index in [0.717, 1.165) is 11.4 Å².